The summed E-state index contributed by atoms with van der Waals surface area (Å²) in [5.74, 6) is -0.297. The highest BCUT2D eigenvalue weighted by molar-refractivity contribution is 7.99. The van der Waals surface area contributed by atoms with Crippen LogP contribution in [0.1, 0.15) is 20.3 Å². The van der Waals surface area contributed by atoms with E-state index in [2.05, 4.69) is 6.92 Å². The second-order valence-corrected chi connectivity index (χ2v) is 4.43. The topological polar surface area (TPSA) is 63.3 Å². The Morgan fingerprint density at radius 2 is 2.17 bits per heavy atom. The Labute approximate surface area is 77.7 Å². The molecular formula is C8H17NO2S. The predicted octanol–water partition coefficient (Wildman–Crippen LogP) is 1.18. The van der Waals surface area contributed by atoms with Crippen molar-refractivity contribution in [2.75, 3.05) is 12.3 Å². The number of aliphatic carboxylic acids is 1. The van der Waals surface area contributed by atoms with Gasteiger partial charge in [-0.2, -0.15) is 11.8 Å². The minimum absolute atomic E-state index is 0.254. The third kappa shape index (κ3) is 5.43. The fourth-order valence-electron chi connectivity index (χ4n) is 0.698. The fourth-order valence-corrected chi connectivity index (χ4v) is 1.76. The van der Waals surface area contributed by atoms with Crippen molar-refractivity contribution < 1.29 is 9.90 Å². The van der Waals surface area contributed by atoms with E-state index in [0.717, 1.165) is 6.42 Å². The minimum atomic E-state index is -0.720. The first-order valence-electron chi connectivity index (χ1n) is 4.12. The van der Waals surface area contributed by atoms with Crippen LogP contribution in [0.15, 0.2) is 0 Å². The van der Waals surface area contributed by atoms with Crippen molar-refractivity contribution in [3.05, 3.63) is 0 Å². The lowest BCUT2D eigenvalue weighted by Crippen LogP contribution is -2.15. The average Bonchev–Trinajstić information content (AvgIpc) is 2.00. The molecule has 0 aromatic rings. The summed E-state index contributed by atoms with van der Waals surface area (Å²) >= 11 is 1.68. The molecule has 0 aromatic heterocycles. The van der Waals surface area contributed by atoms with Gasteiger partial charge in [-0.3, -0.25) is 4.79 Å². The first-order chi connectivity index (χ1) is 5.57. The van der Waals surface area contributed by atoms with Gasteiger partial charge in [-0.25, -0.2) is 0 Å². The lowest BCUT2D eigenvalue weighted by atomic mass is 10.2. The molecule has 0 rings (SSSR count). The molecule has 0 spiro atoms. The molecule has 0 fully saturated rings. The Bertz CT molecular complexity index is 141. The van der Waals surface area contributed by atoms with Gasteiger partial charge in [0.15, 0.2) is 0 Å². The van der Waals surface area contributed by atoms with Crippen LogP contribution in [0.25, 0.3) is 0 Å². The molecule has 0 radical (unpaired) electrons. The molecule has 0 heterocycles. The summed E-state index contributed by atoms with van der Waals surface area (Å²) in [6.07, 6.45) is 0.955. The van der Waals surface area contributed by atoms with E-state index in [-0.39, 0.29) is 5.92 Å². The molecule has 0 saturated carbocycles. The van der Waals surface area contributed by atoms with Crippen LogP contribution < -0.4 is 5.73 Å². The van der Waals surface area contributed by atoms with Crippen LogP contribution >= 0.6 is 11.8 Å². The number of thioether (sulfide) groups is 1. The largest absolute Gasteiger partial charge is 0.481 e. The van der Waals surface area contributed by atoms with Crippen molar-refractivity contribution in [2.24, 2.45) is 11.7 Å². The summed E-state index contributed by atoms with van der Waals surface area (Å²) in [5.41, 5.74) is 5.37. The molecule has 3 nitrogen and oxygen atoms in total. The van der Waals surface area contributed by atoms with Gasteiger partial charge in [0.1, 0.15) is 0 Å². The summed E-state index contributed by atoms with van der Waals surface area (Å²) in [6.45, 7) is 4.48. The maximum atomic E-state index is 10.4. The van der Waals surface area contributed by atoms with Crippen molar-refractivity contribution >= 4 is 17.7 Å². The maximum Gasteiger partial charge on any atom is 0.307 e. The minimum Gasteiger partial charge on any atom is -0.481 e. The lowest BCUT2D eigenvalue weighted by Gasteiger charge is -2.11. The average molecular weight is 191 g/mol. The molecule has 0 aromatic carbocycles. The molecule has 2 atom stereocenters. The van der Waals surface area contributed by atoms with Crippen molar-refractivity contribution in [3.63, 3.8) is 0 Å². The maximum absolute atomic E-state index is 10.4. The highest BCUT2D eigenvalue weighted by Gasteiger charge is 2.12. The smallest absolute Gasteiger partial charge is 0.307 e. The lowest BCUT2D eigenvalue weighted by molar-refractivity contribution is -0.140. The first-order valence-corrected chi connectivity index (χ1v) is 5.17. The SMILES string of the molecule is CC(CCN)SCC(C)C(=O)O. The van der Waals surface area contributed by atoms with E-state index >= 15 is 0 Å². The van der Waals surface area contributed by atoms with E-state index in [9.17, 15) is 4.79 Å². The number of hydrogen-bond acceptors (Lipinski definition) is 3. The molecule has 3 N–H and O–H groups in total. The van der Waals surface area contributed by atoms with Gasteiger partial charge in [0.25, 0.3) is 0 Å². The molecule has 0 amide bonds. The monoisotopic (exact) mass is 191 g/mol. The van der Waals surface area contributed by atoms with Crippen molar-refractivity contribution in [1.82, 2.24) is 0 Å². The van der Waals surface area contributed by atoms with E-state index in [0.29, 0.717) is 17.5 Å². The summed E-state index contributed by atoms with van der Waals surface area (Å²) in [7, 11) is 0. The van der Waals surface area contributed by atoms with Crippen molar-refractivity contribution in [3.8, 4) is 0 Å². The van der Waals surface area contributed by atoms with Gasteiger partial charge < -0.3 is 10.8 Å². The number of carboxylic acids is 1. The number of carboxylic acid groups (broad SMARTS) is 1. The Morgan fingerprint density at radius 3 is 2.58 bits per heavy atom. The van der Waals surface area contributed by atoms with Gasteiger partial charge in [-0.1, -0.05) is 13.8 Å². The van der Waals surface area contributed by atoms with E-state index in [4.69, 9.17) is 10.8 Å². The quantitative estimate of drug-likeness (QED) is 0.661. The Morgan fingerprint density at radius 1 is 1.58 bits per heavy atom. The summed E-state index contributed by atoms with van der Waals surface area (Å²) in [4.78, 5) is 10.4. The Hall–Kier alpha value is -0.220. The standard InChI is InChI=1S/C8H17NO2S/c1-6(8(10)11)5-12-7(2)3-4-9/h6-7H,3-5,9H2,1-2H3,(H,10,11). The highest BCUT2D eigenvalue weighted by Crippen LogP contribution is 2.16. The van der Waals surface area contributed by atoms with Crippen LogP contribution in [-0.2, 0) is 4.79 Å². The van der Waals surface area contributed by atoms with Gasteiger partial charge in [-0.15, -0.1) is 0 Å². The molecule has 12 heavy (non-hydrogen) atoms. The second-order valence-electron chi connectivity index (χ2n) is 2.96. The van der Waals surface area contributed by atoms with E-state index in [1.165, 1.54) is 0 Å². The number of rotatable bonds is 6. The fraction of sp³-hybridized carbons (Fsp3) is 0.875. The van der Waals surface area contributed by atoms with Crippen molar-refractivity contribution in [2.45, 2.75) is 25.5 Å². The van der Waals surface area contributed by atoms with E-state index in [1.807, 2.05) is 0 Å². The molecule has 0 saturated heterocycles. The molecule has 0 aliphatic heterocycles. The normalized spacial score (nSPS) is 15.6. The van der Waals surface area contributed by atoms with Gasteiger partial charge in [0.2, 0.25) is 0 Å². The van der Waals surface area contributed by atoms with Crippen LogP contribution in [-0.4, -0.2) is 28.6 Å². The second kappa shape index (κ2) is 6.31. The number of nitrogens with two attached hydrogens (primary N) is 1. The first kappa shape index (κ1) is 11.8. The summed E-state index contributed by atoms with van der Waals surface area (Å²) < 4.78 is 0. The van der Waals surface area contributed by atoms with Gasteiger partial charge in [0.05, 0.1) is 5.92 Å². The molecule has 72 valence electrons. The third-order valence-corrected chi connectivity index (χ3v) is 3.12. The zero-order valence-corrected chi connectivity index (χ0v) is 8.43. The Kier molecular flexibility index (Phi) is 6.20. The summed E-state index contributed by atoms with van der Waals surface area (Å²) in [6, 6.07) is 0. The van der Waals surface area contributed by atoms with Gasteiger partial charge >= 0.3 is 5.97 Å². The molecular weight excluding hydrogens is 174 g/mol. The third-order valence-electron chi connectivity index (χ3n) is 1.63. The van der Waals surface area contributed by atoms with Crippen LogP contribution in [0, 0.1) is 5.92 Å². The van der Waals surface area contributed by atoms with Crippen LogP contribution in [0.2, 0.25) is 0 Å². The molecule has 0 bridgehead atoms. The van der Waals surface area contributed by atoms with Gasteiger partial charge in [0, 0.05) is 11.0 Å². The molecule has 0 aliphatic rings. The van der Waals surface area contributed by atoms with Crippen LogP contribution in [0.5, 0.6) is 0 Å². The van der Waals surface area contributed by atoms with E-state index < -0.39 is 5.97 Å². The molecule has 2 unspecified atom stereocenters. The van der Waals surface area contributed by atoms with Crippen molar-refractivity contribution in [1.29, 1.82) is 0 Å². The zero-order chi connectivity index (χ0) is 9.56. The predicted molar refractivity (Wildman–Crippen MR) is 52.4 cm³/mol. The Balaban J connectivity index is 3.46. The van der Waals surface area contributed by atoms with Crippen LogP contribution in [0.3, 0.4) is 0 Å². The summed E-state index contributed by atoms with van der Waals surface area (Å²) in [5, 5.41) is 9.06. The number of hydrogen-bond donors (Lipinski definition) is 2. The molecule has 0 aliphatic carbocycles. The zero-order valence-electron chi connectivity index (χ0n) is 7.62. The van der Waals surface area contributed by atoms with E-state index in [1.54, 1.807) is 18.7 Å². The number of carbonyl (C=O) groups is 1. The molecule has 4 heteroatoms. The van der Waals surface area contributed by atoms with Crippen LogP contribution in [0.4, 0.5) is 0 Å². The van der Waals surface area contributed by atoms with Gasteiger partial charge in [-0.05, 0) is 13.0 Å². The highest BCUT2D eigenvalue weighted by atomic mass is 32.2.